The van der Waals surface area contributed by atoms with Gasteiger partial charge in [0.25, 0.3) is 5.91 Å². The molecule has 1 aliphatic carbocycles. The number of rotatable bonds is 2. The van der Waals surface area contributed by atoms with Gasteiger partial charge in [0.15, 0.2) is 5.69 Å². The van der Waals surface area contributed by atoms with E-state index in [2.05, 4.69) is 35.0 Å². The fourth-order valence-corrected chi connectivity index (χ4v) is 4.25. The van der Waals surface area contributed by atoms with Gasteiger partial charge in [0.2, 0.25) is 0 Å². The third kappa shape index (κ3) is 2.79. The lowest BCUT2D eigenvalue weighted by atomic mass is 9.95. The Morgan fingerprint density at radius 1 is 1.29 bits per heavy atom. The summed E-state index contributed by atoms with van der Waals surface area (Å²) >= 11 is 3.54. The quantitative estimate of drug-likeness (QED) is 0.780. The average molecular weight is 388 g/mol. The van der Waals surface area contributed by atoms with Gasteiger partial charge in [-0.25, -0.2) is 4.68 Å². The first-order chi connectivity index (χ1) is 11.6. The number of hydrogen-bond acceptors (Lipinski definition) is 2. The fourth-order valence-electron chi connectivity index (χ4n) is 3.86. The molecule has 1 saturated heterocycles. The first-order valence-electron chi connectivity index (χ1n) is 8.79. The van der Waals surface area contributed by atoms with Crippen LogP contribution in [0, 0.1) is 5.92 Å². The summed E-state index contributed by atoms with van der Waals surface area (Å²) < 4.78 is 3.02. The Kier molecular flexibility index (Phi) is 4.21. The van der Waals surface area contributed by atoms with Crippen molar-refractivity contribution in [2.75, 3.05) is 13.1 Å². The van der Waals surface area contributed by atoms with Crippen LogP contribution >= 0.6 is 15.9 Å². The molecular formula is C19H22BrN3O. The summed E-state index contributed by atoms with van der Waals surface area (Å²) in [7, 11) is 0. The Morgan fingerprint density at radius 3 is 2.88 bits per heavy atom. The molecule has 2 heterocycles. The van der Waals surface area contributed by atoms with E-state index in [1.807, 2.05) is 21.7 Å². The van der Waals surface area contributed by atoms with Gasteiger partial charge in [-0.1, -0.05) is 28.9 Å². The van der Waals surface area contributed by atoms with Gasteiger partial charge in [0.1, 0.15) is 0 Å². The molecular weight excluding hydrogens is 366 g/mol. The maximum atomic E-state index is 13.0. The van der Waals surface area contributed by atoms with Gasteiger partial charge in [-0.05, 0) is 56.2 Å². The molecule has 1 atom stereocenters. The molecule has 1 aromatic carbocycles. The number of amides is 1. The Balaban J connectivity index is 1.77. The highest BCUT2D eigenvalue weighted by Crippen LogP contribution is 2.29. The van der Waals surface area contributed by atoms with E-state index >= 15 is 0 Å². The van der Waals surface area contributed by atoms with Crippen molar-refractivity contribution < 1.29 is 4.79 Å². The predicted octanol–water partition coefficient (Wildman–Crippen LogP) is 4.00. The summed E-state index contributed by atoms with van der Waals surface area (Å²) in [4.78, 5) is 15.0. The number of halogens is 1. The summed E-state index contributed by atoms with van der Waals surface area (Å²) in [6.07, 6.45) is 5.38. The monoisotopic (exact) mass is 387 g/mol. The zero-order valence-corrected chi connectivity index (χ0v) is 15.6. The normalized spacial score (nSPS) is 20.2. The Bertz CT molecular complexity index is 783. The van der Waals surface area contributed by atoms with Gasteiger partial charge < -0.3 is 4.90 Å². The number of benzene rings is 1. The van der Waals surface area contributed by atoms with E-state index in [0.717, 1.165) is 48.9 Å². The number of hydrogen-bond donors (Lipinski definition) is 0. The molecule has 0 radical (unpaired) electrons. The summed E-state index contributed by atoms with van der Waals surface area (Å²) in [5, 5.41) is 4.78. The second-order valence-electron chi connectivity index (χ2n) is 7.02. The lowest BCUT2D eigenvalue weighted by Crippen LogP contribution is -2.29. The summed E-state index contributed by atoms with van der Waals surface area (Å²) in [5.74, 6) is 0.711. The first kappa shape index (κ1) is 15.9. The van der Waals surface area contributed by atoms with Crippen LogP contribution in [0.25, 0.3) is 5.69 Å². The van der Waals surface area contributed by atoms with Gasteiger partial charge in [0, 0.05) is 28.8 Å². The smallest absolute Gasteiger partial charge is 0.274 e. The van der Waals surface area contributed by atoms with E-state index in [0.29, 0.717) is 11.6 Å². The Morgan fingerprint density at radius 2 is 2.12 bits per heavy atom. The van der Waals surface area contributed by atoms with Gasteiger partial charge in [0.05, 0.1) is 5.69 Å². The molecule has 0 saturated carbocycles. The molecule has 2 aromatic rings. The average Bonchev–Trinajstić information content (AvgIpc) is 3.18. The molecule has 24 heavy (non-hydrogen) atoms. The van der Waals surface area contributed by atoms with Gasteiger partial charge in [-0.3, -0.25) is 4.79 Å². The van der Waals surface area contributed by atoms with E-state index in [9.17, 15) is 4.79 Å². The maximum Gasteiger partial charge on any atom is 0.274 e. The van der Waals surface area contributed by atoms with Crippen molar-refractivity contribution in [2.45, 2.75) is 39.0 Å². The van der Waals surface area contributed by atoms with Crippen LogP contribution in [0.1, 0.15) is 47.9 Å². The summed E-state index contributed by atoms with van der Waals surface area (Å²) in [5.41, 5.74) is 4.09. The zero-order valence-electron chi connectivity index (χ0n) is 14.0. The third-order valence-corrected chi connectivity index (χ3v) is 5.64. The second-order valence-corrected chi connectivity index (χ2v) is 7.93. The van der Waals surface area contributed by atoms with Gasteiger partial charge in [-0.15, -0.1) is 0 Å². The van der Waals surface area contributed by atoms with E-state index in [4.69, 9.17) is 5.10 Å². The van der Waals surface area contributed by atoms with E-state index in [1.54, 1.807) is 0 Å². The number of aromatic nitrogens is 2. The molecule has 126 valence electrons. The molecule has 0 N–H and O–H groups in total. The van der Waals surface area contributed by atoms with Gasteiger partial charge in [-0.2, -0.15) is 5.10 Å². The topological polar surface area (TPSA) is 38.1 Å². The molecule has 4 nitrogen and oxygen atoms in total. The van der Waals surface area contributed by atoms with Crippen LogP contribution < -0.4 is 0 Å². The van der Waals surface area contributed by atoms with Crippen molar-refractivity contribution in [3.05, 3.63) is 45.7 Å². The lowest BCUT2D eigenvalue weighted by molar-refractivity contribution is 0.0780. The van der Waals surface area contributed by atoms with Crippen molar-refractivity contribution in [3.63, 3.8) is 0 Å². The number of fused-ring (bicyclic) bond motifs is 1. The molecule has 5 heteroatoms. The van der Waals surface area contributed by atoms with Crippen molar-refractivity contribution in [3.8, 4) is 5.69 Å². The van der Waals surface area contributed by atoms with Crippen molar-refractivity contribution in [1.29, 1.82) is 0 Å². The molecule has 1 fully saturated rings. The number of nitrogens with zero attached hydrogens (tertiary/aromatic N) is 3. The summed E-state index contributed by atoms with van der Waals surface area (Å²) in [6.45, 7) is 3.93. The summed E-state index contributed by atoms with van der Waals surface area (Å²) in [6, 6.07) is 8.14. The lowest BCUT2D eigenvalue weighted by Gasteiger charge is -2.17. The SMILES string of the molecule is CC1CCN(C(=O)c2nn(-c3cccc(Br)c3)c3c2CCCC3)C1. The molecule has 2 aliphatic rings. The fraction of sp³-hybridized carbons (Fsp3) is 0.474. The van der Waals surface area contributed by atoms with Crippen LogP contribution in [0.15, 0.2) is 28.7 Å². The molecule has 4 rings (SSSR count). The Hall–Kier alpha value is -1.62. The largest absolute Gasteiger partial charge is 0.337 e. The predicted molar refractivity (Wildman–Crippen MR) is 97.6 cm³/mol. The standard InChI is InChI=1S/C19H22BrN3O/c1-13-9-10-22(12-13)19(24)18-16-7-2-3-8-17(16)23(21-18)15-6-4-5-14(20)11-15/h4-6,11,13H,2-3,7-10,12H2,1H3. The minimum Gasteiger partial charge on any atom is -0.337 e. The zero-order chi connectivity index (χ0) is 16.7. The van der Waals surface area contributed by atoms with E-state index < -0.39 is 0 Å². The third-order valence-electron chi connectivity index (χ3n) is 5.15. The van der Waals surface area contributed by atoms with Gasteiger partial charge >= 0.3 is 0 Å². The Labute approximate surface area is 151 Å². The van der Waals surface area contributed by atoms with Crippen LogP contribution in [-0.4, -0.2) is 33.7 Å². The number of carbonyl (C=O) groups is 1. The van der Waals surface area contributed by atoms with Crippen molar-refractivity contribution >= 4 is 21.8 Å². The number of carbonyl (C=O) groups excluding carboxylic acids is 1. The molecule has 1 amide bonds. The molecule has 1 aliphatic heterocycles. The molecule has 1 aromatic heterocycles. The van der Waals surface area contributed by atoms with E-state index in [-0.39, 0.29) is 5.91 Å². The highest BCUT2D eigenvalue weighted by molar-refractivity contribution is 9.10. The van der Waals surface area contributed by atoms with E-state index in [1.165, 1.54) is 17.7 Å². The van der Waals surface area contributed by atoms with Crippen LogP contribution in [0.4, 0.5) is 0 Å². The highest BCUT2D eigenvalue weighted by atomic mass is 79.9. The van der Waals surface area contributed by atoms with Crippen LogP contribution in [-0.2, 0) is 12.8 Å². The van der Waals surface area contributed by atoms with Crippen LogP contribution in [0.2, 0.25) is 0 Å². The minimum absolute atomic E-state index is 0.117. The van der Waals surface area contributed by atoms with Crippen molar-refractivity contribution in [1.82, 2.24) is 14.7 Å². The molecule has 0 spiro atoms. The minimum atomic E-state index is 0.117. The highest BCUT2D eigenvalue weighted by Gasteiger charge is 2.31. The maximum absolute atomic E-state index is 13.0. The number of likely N-dealkylation sites (tertiary alicyclic amines) is 1. The van der Waals surface area contributed by atoms with Crippen LogP contribution in [0.5, 0.6) is 0 Å². The first-order valence-corrected chi connectivity index (χ1v) is 9.59. The second kappa shape index (κ2) is 6.36. The van der Waals surface area contributed by atoms with Crippen molar-refractivity contribution in [2.24, 2.45) is 5.92 Å². The molecule has 0 bridgehead atoms. The van der Waals surface area contributed by atoms with Crippen LogP contribution in [0.3, 0.4) is 0 Å². The molecule has 1 unspecified atom stereocenters.